The van der Waals surface area contributed by atoms with E-state index in [9.17, 15) is 4.79 Å². The average Bonchev–Trinajstić information content (AvgIpc) is 3.20. The molecule has 0 unspecified atom stereocenters. The Bertz CT molecular complexity index is 1010. The molecule has 1 heterocycles. The summed E-state index contributed by atoms with van der Waals surface area (Å²) in [7, 11) is 3.26. The lowest BCUT2D eigenvalue weighted by molar-refractivity contribution is 0.0932. The van der Waals surface area contributed by atoms with Gasteiger partial charge in [-0.2, -0.15) is 18.6 Å². The minimum Gasteiger partial charge on any atom is -0.496 e. The maximum atomic E-state index is 13.0. The molecular formula is C26H35N3O3S. The molecule has 0 aliphatic heterocycles. The summed E-state index contributed by atoms with van der Waals surface area (Å²) < 4.78 is 13.0. The van der Waals surface area contributed by atoms with Crippen molar-refractivity contribution < 1.29 is 14.3 Å². The van der Waals surface area contributed by atoms with Crippen molar-refractivity contribution in [3.05, 3.63) is 65.9 Å². The van der Waals surface area contributed by atoms with Gasteiger partial charge in [-0.15, -0.1) is 0 Å². The van der Waals surface area contributed by atoms with Crippen LogP contribution in [-0.2, 0) is 13.0 Å². The number of aromatic nitrogens is 2. The van der Waals surface area contributed by atoms with E-state index in [1.165, 1.54) is 5.56 Å². The van der Waals surface area contributed by atoms with Crippen LogP contribution in [0.1, 0.15) is 43.2 Å². The number of amides is 1. The fraction of sp³-hybridized carbons (Fsp3) is 0.385. The third-order valence-corrected chi connectivity index (χ3v) is 5.32. The second kappa shape index (κ2) is 12.3. The lowest BCUT2D eigenvalue weighted by Gasteiger charge is -2.15. The minimum atomic E-state index is -0.178. The SMILES string of the molecule is COc1cccc(OC)c1-c1cc(C(=O)N[C@@H](C)CCc2ccccc2)nn1CC(C)C.S. The van der Waals surface area contributed by atoms with E-state index in [1.54, 1.807) is 14.2 Å². The molecule has 1 atom stereocenters. The highest BCUT2D eigenvalue weighted by molar-refractivity contribution is 7.59. The van der Waals surface area contributed by atoms with Gasteiger partial charge in [0.1, 0.15) is 11.5 Å². The van der Waals surface area contributed by atoms with E-state index >= 15 is 0 Å². The molecule has 6 nitrogen and oxygen atoms in total. The summed E-state index contributed by atoms with van der Waals surface area (Å²) in [6, 6.07) is 17.8. The van der Waals surface area contributed by atoms with Crippen LogP contribution >= 0.6 is 13.5 Å². The lowest BCUT2D eigenvalue weighted by Crippen LogP contribution is -2.33. The first-order chi connectivity index (χ1) is 15.4. The molecule has 0 saturated carbocycles. The molecule has 0 aliphatic carbocycles. The molecule has 3 aromatic rings. The molecule has 1 aromatic heterocycles. The molecule has 0 fully saturated rings. The van der Waals surface area contributed by atoms with Crippen LogP contribution in [0.5, 0.6) is 11.5 Å². The van der Waals surface area contributed by atoms with Gasteiger partial charge in [-0.1, -0.05) is 50.2 Å². The quantitative estimate of drug-likeness (QED) is 0.449. The Labute approximate surface area is 203 Å². The maximum Gasteiger partial charge on any atom is 0.272 e. The maximum absolute atomic E-state index is 13.0. The van der Waals surface area contributed by atoms with Gasteiger partial charge in [0.2, 0.25) is 0 Å². The molecule has 0 saturated heterocycles. The Morgan fingerprint density at radius 2 is 1.64 bits per heavy atom. The molecule has 7 heteroatoms. The van der Waals surface area contributed by atoms with Crippen LogP contribution in [0.3, 0.4) is 0 Å². The molecule has 2 aromatic carbocycles. The normalized spacial score (nSPS) is 11.6. The highest BCUT2D eigenvalue weighted by Gasteiger charge is 2.22. The highest BCUT2D eigenvalue weighted by atomic mass is 32.1. The van der Waals surface area contributed by atoms with Crippen LogP contribution in [0.4, 0.5) is 0 Å². The standard InChI is InChI=1S/C26H33N3O3.H2S/c1-18(2)17-29-22(25-23(31-4)12-9-13-24(25)32-5)16-21(28-29)26(30)27-19(3)14-15-20-10-7-6-8-11-20;/h6-13,16,18-19H,14-15,17H2,1-5H3,(H,27,30);1H2/t19-;/m0./s1. The van der Waals surface area contributed by atoms with E-state index in [-0.39, 0.29) is 25.4 Å². The Hall–Kier alpha value is -2.93. The third kappa shape index (κ3) is 6.78. The van der Waals surface area contributed by atoms with Crippen molar-refractivity contribution in [2.24, 2.45) is 5.92 Å². The summed E-state index contributed by atoms with van der Waals surface area (Å²) >= 11 is 0. The second-order valence-corrected chi connectivity index (χ2v) is 8.43. The minimum absolute atomic E-state index is 0. The number of rotatable bonds is 10. The largest absolute Gasteiger partial charge is 0.496 e. The molecule has 0 spiro atoms. The Balaban J connectivity index is 0.00000385. The molecular weight excluding hydrogens is 434 g/mol. The van der Waals surface area contributed by atoms with E-state index in [0.717, 1.165) is 24.1 Å². The number of aryl methyl sites for hydroxylation is 1. The number of carbonyl (C=O) groups is 1. The Kier molecular flexibility index (Phi) is 9.85. The molecule has 178 valence electrons. The number of nitrogens with zero attached hydrogens (tertiary/aromatic N) is 2. The Morgan fingerprint density at radius 3 is 2.21 bits per heavy atom. The lowest BCUT2D eigenvalue weighted by atomic mass is 10.1. The van der Waals surface area contributed by atoms with Gasteiger partial charge in [-0.25, -0.2) is 0 Å². The van der Waals surface area contributed by atoms with Crippen molar-refractivity contribution in [2.45, 2.75) is 46.2 Å². The molecule has 1 N–H and O–H groups in total. The van der Waals surface area contributed by atoms with Crippen molar-refractivity contribution in [3.8, 4) is 22.8 Å². The Morgan fingerprint density at radius 1 is 1.00 bits per heavy atom. The number of ether oxygens (including phenoxy) is 2. The monoisotopic (exact) mass is 469 g/mol. The molecule has 0 radical (unpaired) electrons. The van der Waals surface area contributed by atoms with E-state index in [1.807, 2.05) is 54.1 Å². The van der Waals surface area contributed by atoms with Gasteiger partial charge in [-0.3, -0.25) is 9.48 Å². The fourth-order valence-electron chi connectivity index (χ4n) is 3.72. The number of hydrogen-bond acceptors (Lipinski definition) is 4. The summed E-state index contributed by atoms with van der Waals surface area (Å²) in [6.45, 7) is 6.94. The zero-order chi connectivity index (χ0) is 23.1. The van der Waals surface area contributed by atoms with Crippen molar-refractivity contribution in [2.75, 3.05) is 14.2 Å². The summed E-state index contributed by atoms with van der Waals surface area (Å²) in [4.78, 5) is 13.0. The average molecular weight is 470 g/mol. The first-order valence-corrected chi connectivity index (χ1v) is 11.1. The van der Waals surface area contributed by atoms with E-state index in [4.69, 9.17) is 9.47 Å². The van der Waals surface area contributed by atoms with E-state index < -0.39 is 0 Å². The second-order valence-electron chi connectivity index (χ2n) is 8.43. The molecule has 1 amide bonds. The van der Waals surface area contributed by atoms with Gasteiger partial charge in [-0.05, 0) is 49.4 Å². The van der Waals surface area contributed by atoms with Gasteiger partial charge < -0.3 is 14.8 Å². The number of hydrogen-bond donors (Lipinski definition) is 1. The first kappa shape index (κ1) is 26.3. The van der Waals surface area contributed by atoms with Gasteiger partial charge in [0.25, 0.3) is 5.91 Å². The van der Waals surface area contributed by atoms with Crippen LogP contribution in [-0.4, -0.2) is 35.9 Å². The summed E-state index contributed by atoms with van der Waals surface area (Å²) in [5.41, 5.74) is 3.25. The van der Waals surface area contributed by atoms with Crippen LogP contribution in [0.2, 0.25) is 0 Å². The summed E-state index contributed by atoms with van der Waals surface area (Å²) in [6.07, 6.45) is 1.77. The zero-order valence-corrected chi connectivity index (χ0v) is 21.1. The summed E-state index contributed by atoms with van der Waals surface area (Å²) in [5.74, 6) is 1.54. The highest BCUT2D eigenvalue weighted by Crippen LogP contribution is 2.38. The number of benzene rings is 2. The predicted molar refractivity (Wildman–Crippen MR) is 138 cm³/mol. The van der Waals surface area contributed by atoms with E-state index in [2.05, 4.69) is 36.4 Å². The molecule has 0 aliphatic rings. The predicted octanol–water partition coefficient (Wildman–Crippen LogP) is 5.09. The van der Waals surface area contributed by atoms with Crippen LogP contribution in [0.15, 0.2) is 54.6 Å². The first-order valence-electron chi connectivity index (χ1n) is 11.1. The topological polar surface area (TPSA) is 65.4 Å². The third-order valence-electron chi connectivity index (χ3n) is 5.32. The fourth-order valence-corrected chi connectivity index (χ4v) is 3.72. The molecule has 33 heavy (non-hydrogen) atoms. The van der Waals surface area contributed by atoms with Crippen LogP contribution in [0, 0.1) is 5.92 Å². The van der Waals surface area contributed by atoms with Crippen molar-refractivity contribution in [1.82, 2.24) is 15.1 Å². The smallest absolute Gasteiger partial charge is 0.272 e. The van der Waals surface area contributed by atoms with Gasteiger partial charge in [0.15, 0.2) is 5.69 Å². The zero-order valence-electron chi connectivity index (χ0n) is 20.1. The van der Waals surface area contributed by atoms with Crippen LogP contribution < -0.4 is 14.8 Å². The van der Waals surface area contributed by atoms with Crippen LogP contribution in [0.25, 0.3) is 11.3 Å². The van der Waals surface area contributed by atoms with Crippen molar-refractivity contribution in [3.63, 3.8) is 0 Å². The van der Waals surface area contributed by atoms with Crippen molar-refractivity contribution >= 4 is 19.4 Å². The van der Waals surface area contributed by atoms with Crippen molar-refractivity contribution in [1.29, 1.82) is 0 Å². The summed E-state index contributed by atoms with van der Waals surface area (Å²) in [5, 5.41) is 7.73. The molecule has 0 bridgehead atoms. The van der Waals surface area contributed by atoms with Gasteiger partial charge in [0, 0.05) is 12.6 Å². The molecule has 3 rings (SSSR count). The van der Waals surface area contributed by atoms with Gasteiger partial charge in [0.05, 0.1) is 25.5 Å². The number of carbonyl (C=O) groups excluding carboxylic acids is 1. The van der Waals surface area contributed by atoms with Gasteiger partial charge >= 0.3 is 0 Å². The number of methoxy groups -OCH3 is 2. The van der Waals surface area contributed by atoms with E-state index in [0.29, 0.717) is 29.7 Å². The number of nitrogens with one attached hydrogen (secondary N) is 1.